The van der Waals surface area contributed by atoms with E-state index in [0.717, 1.165) is 38.0 Å². The molecule has 1 rings (SSSR count). The molecule has 0 amide bonds. The van der Waals surface area contributed by atoms with Crippen LogP contribution in [0.2, 0.25) is 0 Å². The van der Waals surface area contributed by atoms with Crippen molar-refractivity contribution in [2.24, 2.45) is 16.7 Å². The minimum absolute atomic E-state index is 0.477. The molecule has 0 aromatic carbocycles. The summed E-state index contributed by atoms with van der Waals surface area (Å²) in [4.78, 5) is 23.9. The highest BCUT2D eigenvalue weighted by Crippen LogP contribution is 2.54. The van der Waals surface area contributed by atoms with E-state index >= 15 is 0 Å². The molecule has 2 N–H and O–H groups in total. The first-order valence-corrected chi connectivity index (χ1v) is 10.7. The summed E-state index contributed by atoms with van der Waals surface area (Å²) >= 11 is 0. The van der Waals surface area contributed by atoms with E-state index in [1.807, 2.05) is 0 Å². The second-order valence-corrected chi connectivity index (χ2v) is 8.99. The second-order valence-electron chi connectivity index (χ2n) is 8.99. The van der Waals surface area contributed by atoms with Crippen molar-refractivity contribution in [3.05, 3.63) is 0 Å². The summed E-state index contributed by atoms with van der Waals surface area (Å²) in [7, 11) is 0. The van der Waals surface area contributed by atoms with Gasteiger partial charge in [0.2, 0.25) is 0 Å². The Morgan fingerprint density at radius 2 is 1.31 bits per heavy atom. The highest BCUT2D eigenvalue weighted by molar-refractivity contribution is 5.86. The molecular formula is C22H40O4. The molecule has 0 aromatic rings. The lowest BCUT2D eigenvalue weighted by molar-refractivity contribution is -0.179. The van der Waals surface area contributed by atoms with Gasteiger partial charge in [0, 0.05) is 0 Å². The zero-order chi connectivity index (χ0) is 19.6. The van der Waals surface area contributed by atoms with E-state index in [1.54, 1.807) is 6.92 Å². The van der Waals surface area contributed by atoms with Crippen molar-refractivity contribution in [3.8, 4) is 0 Å². The van der Waals surface area contributed by atoms with E-state index in [0.29, 0.717) is 19.3 Å². The van der Waals surface area contributed by atoms with Crippen LogP contribution < -0.4 is 0 Å². The summed E-state index contributed by atoms with van der Waals surface area (Å²) in [6.45, 7) is 6.19. The minimum Gasteiger partial charge on any atom is -0.481 e. The third-order valence-corrected chi connectivity index (χ3v) is 6.60. The van der Waals surface area contributed by atoms with E-state index in [9.17, 15) is 19.8 Å². The van der Waals surface area contributed by atoms with Gasteiger partial charge >= 0.3 is 11.9 Å². The van der Waals surface area contributed by atoms with Crippen molar-refractivity contribution < 1.29 is 19.8 Å². The monoisotopic (exact) mass is 368 g/mol. The van der Waals surface area contributed by atoms with Crippen LogP contribution in [0.15, 0.2) is 0 Å². The average molecular weight is 369 g/mol. The van der Waals surface area contributed by atoms with E-state index in [2.05, 4.69) is 13.8 Å². The number of hydrogen-bond acceptors (Lipinski definition) is 2. The molecule has 0 spiro atoms. The predicted octanol–water partition coefficient (Wildman–Crippen LogP) is 6.28. The fourth-order valence-corrected chi connectivity index (χ4v) is 4.62. The topological polar surface area (TPSA) is 74.6 Å². The fraction of sp³-hybridized carbons (Fsp3) is 0.909. The van der Waals surface area contributed by atoms with Gasteiger partial charge in [0.25, 0.3) is 0 Å². The lowest BCUT2D eigenvalue weighted by Gasteiger charge is -2.46. The molecule has 4 heteroatoms. The van der Waals surface area contributed by atoms with Gasteiger partial charge in [-0.25, -0.2) is 0 Å². The van der Waals surface area contributed by atoms with E-state index in [1.165, 1.54) is 38.5 Å². The molecule has 26 heavy (non-hydrogen) atoms. The maximum Gasteiger partial charge on any atom is 0.310 e. The molecule has 1 aliphatic carbocycles. The fourth-order valence-electron chi connectivity index (χ4n) is 4.62. The Morgan fingerprint density at radius 1 is 0.808 bits per heavy atom. The van der Waals surface area contributed by atoms with E-state index in [4.69, 9.17) is 0 Å². The van der Waals surface area contributed by atoms with Crippen LogP contribution in [0.4, 0.5) is 0 Å². The summed E-state index contributed by atoms with van der Waals surface area (Å²) in [6, 6.07) is 0. The van der Waals surface area contributed by atoms with Gasteiger partial charge in [-0.2, -0.15) is 0 Å². The van der Waals surface area contributed by atoms with Crippen LogP contribution in [0.25, 0.3) is 0 Å². The zero-order valence-corrected chi connectivity index (χ0v) is 17.2. The summed E-state index contributed by atoms with van der Waals surface area (Å²) in [5.41, 5.74) is -2.22. The molecule has 152 valence electrons. The molecule has 2 unspecified atom stereocenters. The zero-order valence-electron chi connectivity index (χ0n) is 17.2. The lowest BCUT2D eigenvalue weighted by atomic mass is 9.55. The average Bonchev–Trinajstić information content (AvgIpc) is 2.57. The normalized spacial score (nSPS) is 26.2. The lowest BCUT2D eigenvalue weighted by Crippen LogP contribution is -2.52. The number of unbranched alkanes of at least 4 members (excludes halogenated alkanes) is 7. The van der Waals surface area contributed by atoms with Crippen LogP contribution in [-0.2, 0) is 9.59 Å². The van der Waals surface area contributed by atoms with Crippen LogP contribution in [-0.4, -0.2) is 22.2 Å². The van der Waals surface area contributed by atoms with Gasteiger partial charge < -0.3 is 10.2 Å². The molecule has 0 saturated heterocycles. The summed E-state index contributed by atoms with van der Waals surface area (Å²) in [5.74, 6) is -1.05. The predicted molar refractivity (Wildman–Crippen MR) is 105 cm³/mol. The Bertz CT molecular complexity index is 445. The molecule has 1 saturated carbocycles. The van der Waals surface area contributed by atoms with Crippen molar-refractivity contribution in [1.29, 1.82) is 0 Å². The molecule has 2 atom stereocenters. The summed E-state index contributed by atoms with van der Waals surface area (Å²) in [6.07, 6.45) is 13.8. The van der Waals surface area contributed by atoms with Crippen molar-refractivity contribution >= 4 is 11.9 Å². The number of carboxylic acids is 2. The molecule has 0 aliphatic heterocycles. The maximum absolute atomic E-state index is 12.0. The number of aliphatic carboxylic acids is 2. The van der Waals surface area contributed by atoms with E-state index in [-0.39, 0.29) is 0 Å². The first kappa shape index (κ1) is 23.0. The molecule has 0 radical (unpaired) electrons. The van der Waals surface area contributed by atoms with Gasteiger partial charge in [-0.3, -0.25) is 9.59 Å². The highest BCUT2D eigenvalue weighted by atomic mass is 16.4. The smallest absolute Gasteiger partial charge is 0.310 e. The molecular weight excluding hydrogens is 328 g/mol. The number of rotatable bonds is 13. The maximum atomic E-state index is 12.0. The third kappa shape index (κ3) is 5.99. The molecule has 0 bridgehead atoms. The SMILES string of the molecule is CC(C)CCCCCCCCCCC1(C(=O)O)CCCCC1(C)C(=O)O. The van der Waals surface area contributed by atoms with Gasteiger partial charge in [-0.05, 0) is 32.1 Å². The third-order valence-electron chi connectivity index (χ3n) is 6.60. The van der Waals surface area contributed by atoms with Crippen LogP contribution >= 0.6 is 0 Å². The van der Waals surface area contributed by atoms with Crippen LogP contribution in [0, 0.1) is 16.7 Å². The Kier molecular flexibility index (Phi) is 9.67. The molecule has 0 heterocycles. The largest absolute Gasteiger partial charge is 0.481 e. The number of hydrogen-bond donors (Lipinski definition) is 2. The standard InChI is InChI=1S/C22H40O4/c1-18(2)14-10-8-6-4-5-7-9-11-16-22(20(25)26)17-13-12-15-21(22,3)19(23)24/h18H,4-17H2,1-3H3,(H,23,24)(H,25,26). The summed E-state index contributed by atoms with van der Waals surface area (Å²) in [5, 5.41) is 19.6. The van der Waals surface area contributed by atoms with Crippen molar-refractivity contribution in [2.45, 2.75) is 111 Å². The Hall–Kier alpha value is -1.06. The van der Waals surface area contributed by atoms with Crippen LogP contribution in [0.1, 0.15) is 111 Å². The number of carboxylic acid groups (broad SMARTS) is 2. The summed E-state index contributed by atoms with van der Waals surface area (Å²) < 4.78 is 0. The van der Waals surface area contributed by atoms with Gasteiger partial charge in [-0.1, -0.05) is 84.5 Å². The molecule has 4 nitrogen and oxygen atoms in total. The van der Waals surface area contributed by atoms with Crippen molar-refractivity contribution in [2.75, 3.05) is 0 Å². The first-order chi connectivity index (χ1) is 12.3. The highest BCUT2D eigenvalue weighted by Gasteiger charge is 2.58. The van der Waals surface area contributed by atoms with Crippen LogP contribution in [0.5, 0.6) is 0 Å². The molecule has 0 aromatic heterocycles. The molecule has 1 aliphatic rings. The van der Waals surface area contributed by atoms with Crippen LogP contribution in [0.3, 0.4) is 0 Å². The second kappa shape index (κ2) is 10.9. The minimum atomic E-state index is -1.13. The van der Waals surface area contributed by atoms with E-state index < -0.39 is 22.8 Å². The first-order valence-electron chi connectivity index (χ1n) is 10.7. The van der Waals surface area contributed by atoms with Gasteiger partial charge in [0.15, 0.2) is 0 Å². The Labute approximate surface area is 159 Å². The van der Waals surface area contributed by atoms with Crippen molar-refractivity contribution in [3.63, 3.8) is 0 Å². The quantitative estimate of drug-likeness (QED) is 0.375. The number of carbonyl (C=O) groups is 2. The van der Waals surface area contributed by atoms with Gasteiger partial charge in [0.1, 0.15) is 0 Å². The Morgan fingerprint density at radius 3 is 1.81 bits per heavy atom. The Balaban J connectivity index is 2.34. The van der Waals surface area contributed by atoms with Gasteiger partial charge in [0.05, 0.1) is 10.8 Å². The van der Waals surface area contributed by atoms with Gasteiger partial charge in [-0.15, -0.1) is 0 Å². The molecule has 1 fully saturated rings. The van der Waals surface area contributed by atoms with Crippen molar-refractivity contribution in [1.82, 2.24) is 0 Å².